The van der Waals surface area contributed by atoms with Crippen molar-refractivity contribution in [3.8, 4) is 0 Å². The number of hydrogen-bond acceptors (Lipinski definition) is 4. The van der Waals surface area contributed by atoms with Crippen LogP contribution in [0, 0.1) is 25.5 Å². The number of nitrogens with one attached hydrogen (secondary N) is 2. The van der Waals surface area contributed by atoms with E-state index in [1.54, 1.807) is 6.07 Å². The van der Waals surface area contributed by atoms with Crippen LogP contribution in [0.5, 0.6) is 0 Å². The standard InChI is InChI=1S/C19H18F2N4/c1-12-4-3-5-14(8-12)11-22-19-23-13(2)9-18(25-19)24-17-7-6-15(20)10-16(17)21/h3-10H,11H2,1-2H3,(H2,22,23,24,25). The van der Waals surface area contributed by atoms with E-state index in [9.17, 15) is 8.78 Å². The van der Waals surface area contributed by atoms with Crippen LogP contribution in [0.15, 0.2) is 48.5 Å². The lowest BCUT2D eigenvalue weighted by Crippen LogP contribution is -2.07. The smallest absolute Gasteiger partial charge is 0.225 e. The molecule has 0 fully saturated rings. The summed E-state index contributed by atoms with van der Waals surface area (Å²) in [6.07, 6.45) is 0. The van der Waals surface area contributed by atoms with E-state index in [1.165, 1.54) is 17.7 Å². The number of aryl methyl sites for hydroxylation is 2. The number of benzene rings is 2. The minimum Gasteiger partial charge on any atom is -0.350 e. The van der Waals surface area contributed by atoms with E-state index < -0.39 is 11.6 Å². The zero-order chi connectivity index (χ0) is 17.8. The molecule has 0 aliphatic carbocycles. The van der Waals surface area contributed by atoms with Crippen LogP contribution in [0.4, 0.5) is 26.2 Å². The SMILES string of the molecule is Cc1cccc(CNc2nc(C)cc(Nc3ccc(F)cc3F)n2)c1. The molecule has 3 aromatic rings. The van der Waals surface area contributed by atoms with E-state index in [-0.39, 0.29) is 5.69 Å². The molecule has 0 aliphatic heterocycles. The molecule has 0 radical (unpaired) electrons. The van der Waals surface area contributed by atoms with Crippen LogP contribution < -0.4 is 10.6 Å². The van der Waals surface area contributed by atoms with Gasteiger partial charge in [0.15, 0.2) is 0 Å². The minimum absolute atomic E-state index is 0.157. The molecule has 0 bridgehead atoms. The van der Waals surface area contributed by atoms with Crippen LogP contribution in [0.25, 0.3) is 0 Å². The fourth-order valence-corrected chi connectivity index (χ4v) is 2.44. The average molecular weight is 340 g/mol. The Morgan fingerprint density at radius 2 is 1.80 bits per heavy atom. The van der Waals surface area contributed by atoms with E-state index in [1.807, 2.05) is 32.0 Å². The zero-order valence-electron chi connectivity index (χ0n) is 14.0. The fourth-order valence-electron chi connectivity index (χ4n) is 2.44. The Kier molecular flexibility index (Phi) is 4.88. The van der Waals surface area contributed by atoms with Gasteiger partial charge in [-0.05, 0) is 31.5 Å². The van der Waals surface area contributed by atoms with Crippen molar-refractivity contribution in [2.24, 2.45) is 0 Å². The number of nitrogens with zero attached hydrogens (tertiary/aromatic N) is 2. The molecular formula is C19H18F2N4. The van der Waals surface area contributed by atoms with Crippen LogP contribution >= 0.6 is 0 Å². The van der Waals surface area contributed by atoms with Crippen LogP contribution in [0.2, 0.25) is 0 Å². The maximum atomic E-state index is 13.8. The topological polar surface area (TPSA) is 49.8 Å². The Morgan fingerprint density at radius 1 is 0.960 bits per heavy atom. The third-order valence-corrected chi connectivity index (χ3v) is 3.58. The van der Waals surface area contributed by atoms with E-state index in [0.29, 0.717) is 18.3 Å². The summed E-state index contributed by atoms with van der Waals surface area (Å²) in [7, 11) is 0. The zero-order valence-corrected chi connectivity index (χ0v) is 14.0. The van der Waals surface area contributed by atoms with Crippen LogP contribution in [0.1, 0.15) is 16.8 Å². The van der Waals surface area contributed by atoms with E-state index in [0.717, 1.165) is 17.3 Å². The van der Waals surface area contributed by atoms with Gasteiger partial charge in [-0.3, -0.25) is 0 Å². The summed E-state index contributed by atoms with van der Waals surface area (Å²) in [5, 5.41) is 6.02. The third-order valence-electron chi connectivity index (χ3n) is 3.58. The summed E-state index contributed by atoms with van der Waals surface area (Å²) in [5.74, 6) is -0.427. The van der Waals surface area contributed by atoms with Gasteiger partial charge in [-0.15, -0.1) is 0 Å². The highest BCUT2D eigenvalue weighted by Crippen LogP contribution is 2.21. The third kappa shape index (κ3) is 4.50. The molecule has 0 amide bonds. The van der Waals surface area contributed by atoms with Gasteiger partial charge in [0.25, 0.3) is 0 Å². The Bertz CT molecular complexity index is 896. The number of anilines is 3. The average Bonchev–Trinajstić information content (AvgIpc) is 2.55. The van der Waals surface area contributed by atoms with Crippen molar-refractivity contribution in [2.75, 3.05) is 10.6 Å². The molecule has 1 aromatic heterocycles. The molecule has 6 heteroatoms. The van der Waals surface area contributed by atoms with Gasteiger partial charge in [0, 0.05) is 24.4 Å². The van der Waals surface area contributed by atoms with Gasteiger partial charge >= 0.3 is 0 Å². The Hall–Kier alpha value is -3.02. The summed E-state index contributed by atoms with van der Waals surface area (Å²) < 4.78 is 26.8. The first-order chi connectivity index (χ1) is 12.0. The molecule has 2 aromatic carbocycles. The highest BCUT2D eigenvalue weighted by Gasteiger charge is 2.07. The van der Waals surface area contributed by atoms with E-state index in [2.05, 4.69) is 26.7 Å². The largest absolute Gasteiger partial charge is 0.350 e. The molecule has 0 aliphatic rings. The van der Waals surface area contributed by atoms with Crippen LogP contribution in [-0.2, 0) is 6.54 Å². The molecule has 3 rings (SSSR count). The normalized spacial score (nSPS) is 10.6. The monoisotopic (exact) mass is 340 g/mol. The molecule has 0 saturated carbocycles. The van der Waals surface area contributed by atoms with Crippen LogP contribution in [-0.4, -0.2) is 9.97 Å². The summed E-state index contributed by atoms with van der Waals surface area (Å²) in [4.78, 5) is 8.67. The van der Waals surface area contributed by atoms with Gasteiger partial charge in [-0.2, -0.15) is 4.98 Å². The second-order valence-electron chi connectivity index (χ2n) is 5.81. The van der Waals surface area contributed by atoms with Crippen molar-refractivity contribution >= 4 is 17.5 Å². The predicted molar refractivity (Wildman–Crippen MR) is 94.9 cm³/mol. The fraction of sp³-hybridized carbons (Fsp3) is 0.158. The molecule has 4 nitrogen and oxygen atoms in total. The highest BCUT2D eigenvalue weighted by atomic mass is 19.1. The first-order valence-electron chi connectivity index (χ1n) is 7.87. The quantitative estimate of drug-likeness (QED) is 0.705. The maximum absolute atomic E-state index is 13.8. The summed E-state index contributed by atoms with van der Waals surface area (Å²) in [5.41, 5.74) is 3.18. The molecule has 0 spiro atoms. The van der Waals surface area contributed by atoms with Crippen molar-refractivity contribution in [1.82, 2.24) is 9.97 Å². The van der Waals surface area contributed by atoms with Crippen molar-refractivity contribution in [1.29, 1.82) is 0 Å². The molecule has 2 N–H and O–H groups in total. The van der Waals surface area contributed by atoms with Crippen molar-refractivity contribution in [3.05, 3.63) is 77.0 Å². The Morgan fingerprint density at radius 3 is 2.56 bits per heavy atom. The number of aromatic nitrogens is 2. The second-order valence-corrected chi connectivity index (χ2v) is 5.81. The summed E-state index contributed by atoms with van der Waals surface area (Å²) in [6.45, 7) is 4.44. The summed E-state index contributed by atoms with van der Waals surface area (Å²) in [6, 6.07) is 13.2. The number of halogens is 2. The van der Waals surface area contributed by atoms with Gasteiger partial charge in [-0.25, -0.2) is 13.8 Å². The second kappa shape index (κ2) is 7.25. The molecule has 0 unspecified atom stereocenters. The van der Waals surface area contributed by atoms with Crippen molar-refractivity contribution < 1.29 is 8.78 Å². The van der Waals surface area contributed by atoms with Crippen LogP contribution in [0.3, 0.4) is 0 Å². The van der Waals surface area contributed by atoms with Gasteiger partial charge in [0.05, 0.1) is 5.69 Å². The van der Waals surface area contributed by atoms with E-state index in [4.69, 9.17) is 0 Å². The number of rotatable bonds is 5. The molecular weight excluding hydrogens is 322 g/mol. The minimum atomic E-state index is -0.675. The van der Waals surface area contributed by atoms with Gasteiger partial charge in [0.1, 0.15) is 17.5 Å². The van der Waals surface area contributed by atoms with Crippen molar-refractivity contribution in [3.63, 3.8) is 0 Å². The van der Waals surface area contributed by atoms with Gasteiger partial charge in [0.2, 0.25) is 5.95 Å². The highest BCUT2D eigenvalue weighted by molar-refractivity contribution is 5.58. The van der Waals surface area contributed by atoms with Gasteiger partial charge in [-0.1, -0.05) is 29.8 Å². The Balaban J connectivity index is 1.76. The Labute approximate surface area is 145 Å². The lowest BCUT2D eigenvalue weighted by Gasteiger charge is -2.11. The molecule has 0 saturated heterocycles. The molecule has 1 heterocycles. The van der Waals surface area contributed by atoms with Gasteiger partial charge < -0.3 is 10.6 Å². The number of hydrogen-bond donors (Lipinski definition) is 2. The molecule has 25 heavy (non-hydrogen) atoms. The maximum Gasteiger partial charge on any atom is 0.225 e. The van der Waals surface area contributed by atoms with E-state index >= 15 is 0 Å². The van der Waals surface area contributed by atoms with Crippen molar-refractivity contribution in [2.45, 2.75) is 20.4 Å². The first-order valence-corrected chi connectivity index (χ1v) is 7.87. The first kappa shape index (κ1) is 16.8. The predicted octanol–water partition coefficient (Wildman–Crippen LogP) is 4.73. The molecule has 128 valence electrons. The lowest BCUT2D eigenvalue weighted by molar-refractivity contribution is 0.586. The summed E-state index contributed by atoms with van der Waals surface area (Å²) >= 11 is 0. The lowest BCUT2D eigenvalue weighted by atomic mass is 10.1. The molecule has 0 atom stereocenters.